The van der Waals surface area contributed by atoms with Crippen LogP contribution >= 0.6 is 0 Å². The number of carbonyl (C=O) groups excluding carboxylic acids is 1. The number of hydrogen-bond acceptors (Lipinski definition) is 4. The zero-order valence-corrected chi connectivity index (χ0v) is 16.5. The Morgan fingerprint density at radius 2 is 2.11 bits per heavy atom. The summed E-state index contributed by atoms with van der Waals surface area (Å²) in [6.45, 7) is 6.30. The highest BCUT2D eigenvalue weighted by atomic mass is 16.5. The number of azide groups is 1. The Kier molecular flexibility index (Phi) is 5.90. The van der Waals surface area contributed by atoms with Gasteiger partial charge < -0.3 is 4.74 Å². The van der Waals surface area contributed by atoms with Gasteiger partial charge in [0.1, 0.15) is 12.4 Å². The number of nitrogens with zero attached hydrogens (tertiary/aromatic N) is 5. The number of amides is 1. The maximum atomic E-state index is 12.3. The van der Waals surface area contributed by atoms with Crippen LogP contribution in [0.4, 0.5) is 10.6 Å². The molecule has 148 valence electrons. The third-order valence-corrected chi connectivity index (χ3v) is 4.84. The van der Waals surface area contributed by atoms with Crippen molar-refractivity contribution < 1.29 is 9.53 Å². The van der Waals surface area contributed by atoms with Gasteiger partial charge in [0.25, 0.3) is 0 Å². The molecule has 1 heterocycles. The first-order chi connectivity index (χ1) is 13.4. The number of anilines is 1. The molecule has 0 aliphatic heterocycles. The quantitative estimate of drug-likeness (QED) is 0.429. The second-order valence-corrected chi connectivity index (χ2v) is 8.09. The smallest absolute Gasteiger partial charge is 0.413 e. The van der Waals surface area contributed by atoms with Gasteiger partial charge in [0.2, 0.25) is 0 Å². The fraction of sp³-hybridized carbons (Fsp3) is 0.500. The van der Waals surface area contributed by atoms with Crippen molar-refractivity contribution in [1.29, 1.82) is 0 Å². The van der Waals surface area contributed by atoms with Gasteiger partial charge in [-0.25, -0.2) is 9.48 Å². The molecule has 1 N–H and O–H groups in total. The van der Waals surface area contributed by atoms with Gasteiger partial charge in [-0.05, 0) is 51.1 Å². The van der Waals surface area contributed by atoms with E-state index in [1.54, 1.807) is 0 Å². The lowest BCUT2D eigenvalue weighted by Crippen LogP contribution is -2.27. The zero-order chi connectivity index (χ0) is 20.1. The molecule has 28 heavy (non-hydrogen) atoms. The summed E-state index contributed by atoms with van der Waals surface area (Å²) in [4.78, 5) is 15.2. The fourth-order valence-corrected chi connectivity index (χ4v) is 3.47. The Balaban J connectivity index is 1.71. The van der Waals surface area contributed by atoms with E-state index < -0.39 is 6.09 Å². The van der Waals surface area contributed by atoms with E-state index in [1.807, 2.05) is 61.9 Å². The molecular weight excluding hydrogens is 356 g/mol. The summed E-state index contributed by atoms with van der Waals surface area (Å²) >= 11 is 0. The summed E-state index contributed by atoms with van der Waals surface area (Å²) in [5.41, 5.74) is 10.2. The van der Waals surface area contributed by atoms with E-state index >= 15 is 0 Å². The van der Waals surface area contributed by atoms with Crippen LogP contribution in [0.5, 0.6) is 0 Å². The number of ether oxygens (including phenoxy) is 1. The van der Waals surface area contributed by atoms with Crippen LogP contribution in [0.1, 0.15) is 57.2 Å². The van der Waals surface area contributed by atoms with E-state index in [1.165, 1.54) is 0 Å². The van der Waals surface area contributed by atoms with Gasteiger partial charge in [-0.1, -0.05) is 35.4 Å². The molecule has 1 aliphatic carbocycles. The molecule has 0 radical (unpaired) electrons. The minimum atomic E-state index is -0.515. The molecule has 0 unspecified atom stereocenters. The fourth-order valence-electron chi connectivity index (χ4n) is 3.47. The molecule has 0 bridgehead atoms. The summed E-state index contributed by atoms with van der Waals surface area (Å²) in [6, 6.07) is 11.5. The predicted molar refractivity (Wildman–Crippen MR) is 107 cm³/mol. The van der Waals surface area contributed by atoms with Crippen molar-refractivity contribution in [2.75, 3.05) is 5.32 Å². The monoisotopic (exact) mass is 382 g/mol. The minimum absolute atomic E-state index is 0.0158. The van der Waals surface area contributed by atoms with Crippen LogP contribution in [0.25, 0.3) is 10.4 Å². The van der Waals surface area contributed by atoms with Crippen molar-refractivity contribution in [2.45, 2.75) is 64.1 Å². The van der Waals surface area contributed by atoms with E-state index in [4.69, 9.17) is 15.4 Å². The SMILES string of the molecule is CC(C)(C)n1nc([C@H]2CC[C@@H](N=[N+]=[N-])C2)cc1NC(=O)OCc1ccccc1. The summed E-state index contributed by atoms with van der Waals surface area (Å²) < 4.78 is 7.15. The summed E-state index contributed by atoms with van der Waals surface area (Å²) in [5, 5.41) is 11.4. The lowest BCUT2D eigenvalue weighted by molar-refractivity contribution is 0.154. The maximum Gasteiger partial charge on any atom is 0.413 e. The first-order valence-corrected chi connectivity index (χ1v) is 9.49. The largest absolute Gasteiger partial charge is 0.444 e. The third kappa shape index (κ3) is 4.84. The van der Waals surface area contributed by atoms with Gasteiger partial charge >= 0.3 is 6.09 Å². The van der Waals surface area contributed by atoms with Crippen molar-refractivity contribution >= 4 is 11.9 Å². The molecule has 8 heteroatoms. The highest BCUT2D eigenvalue weighted by molar-refractivity contribution is 5.83. The number of carbonyl (C=O) groups is 1. The Morgan fingerprint density at radius 3 is 2.79 bits per heavy atom. The molecule has 1 saturated carbocycles. The van der Waals surface area contributed by atoms with Crippen LogP contribution in [0.15, 0.2) is 41.5 Å². The first kappa shape index (κ1) is 19.8. The zero-order valence-electron chi connectivity index (χ0n) is 16.5. The number of aromatic nitrogens is 2. The molecule has 1 aromatic heterocycles. The Hall–Kier alpha value is -2.99. The Bertz CT molecular complexity index is 865. The van der Waals surface area contributed by atoms with E-state index in [-0.39, 0.29) is 24.1 Å². The van der Waals surface area contributed by atoms with Crippen LogP contribution in [-0.4, -0.2) is 21.9 Å². The van der Waals surface area contributed by atoms with E-state index in [9.17, 15) is 4.79 Å². The first-order valence-electron chi connectivity index (χ1n) is 9.49. The highest BCUT2D eigenvalue weighted by Gasteiger charge is 2.30. The van der Waals surface area contributed by atoms with Crippen LogP contribution in [0.2, 0.25) is 0 Å². The molecule has 8 nitrogen and oxygen atoms in total. The van der Waals surface area contributed by atoms with Gasteiger partial charge in [-0.15, -0.1) is 0 Å². The summed E-state index contributed by atoms with van der Waals surface area (Å²) in [5.74, 6) is 0.827. The van der Waals surface area contributed by atoms with Gasteiger partial charge in [0, 0.05) is 22.9 Å². The molecule has 1 amide bonds. The lowest BCUT2D eigenvalue weighted by atomic mass is 10.0. The van der Waals surface area contributed by atoms with Crippen molar-refractivity contribution in [3.8, 4) is 0 Å². The standard InChI is InChI=1S/C20H26N6O2/c1-20(2,3)26-18(22-19(27)28-13-14-7-5-4-6-8-14)12-17(24-26)15-9-10-16(11-15)23-25-21/h4-8,12,15-16H,9-11,13H2,1-3H3,(H,22,27)/t15-,16+/m0/s1. The highest BCUT2D eigenvalue weighted by Crippen LogP contribution is 2.37. The molecule has 2 atom stereocenters. The lowest BCUT2D eigenvalue weighted by Gasteiger charge is -2.22. The normalized spacial score (nSPS) is 19.1. The Labute approximate surface area is 164 Å². The number of nitrogens with one attached hydrogen (secondary N) is 1. The topological polar surface area (TPSA) is 105 Å². The van der Waals surface area contributed by atoms with Gasteiger partial charge in [0.05, 0.1) is 11.2 Å². The molecular formula is C20H26N6O2. The molecule has 2 aromatic rings. The van der Waals surface area contributed by atoms with Crippen molar-refractivity contribution in [3.05, 3.63) is 58.1 Å². The summed E-state index contributed by atoms with van der Waals surface area (Å²) in [7, 11) is 0. The maximum absolute atomic E-state index is 12.3. The average molecular weight is 382 g/mol. The second-order valence-electron chi connectivity index (χ2n) is 8.09. The number of rotatable bonds is 5. The second kappa shape index (κ2) is 8.35. The van der Waals surface area contributed by atoms with E-state index in [2.05, 4.69) is 15.3 Å². The molecule has 1 aromatic carbocycles. The molecule has 0 saturated heterocycles. The van der Waals surface area contributed by atoms with Crippen LogP contribution in [0.3, 0.4) is 0 Å². The van der Waals surface area contributed by atoms with Crippen LogP contribution in [-0.2, 0) is 16.9 Å². The van der Waals surface area contributed by atoms with Crippen LogP contribution < -0.4 is 5.32 Å². The molecule has 0 spiro atoms. The van der Waals surface area contributed by atoms with Crippen molar-refractivity contribution in [3.63, 3.8) is 0 Å². The van der Waals surface area contributed by atoms with Gasteiger partial charge in [-0.3, -0.25) is 5.32 Å². The van der Waals surface area contributed by atoms with E-state index in [0.29, 0.717) is 5.82 Å². The van der Waals surface area contributed by atoms with Crippen molar-refractivity contribution in [1.82, 2.24) is 9.78 Å². The van der Waals surface area contributed by atoms with Gasteiger partial charge in [0.15, 0.2) is 0 Å². The van der Waals surface area contributed by atoms with Crippen molar-refractivity contribution in [2.24, 2.45) is 5.11 Å². The molecule has 1 aliphatic rings. The average Bonchev–Trinajstić information content (AvgIpc) is 3.28. The van der Waals surface area contributed by atoms with Gasteiger partial charge in [-0.2, -0.15) is 5.10 Å². The molecule has 1 fully saturated rings. The predicted octanol–water partition coefficient (Wildman–Crippen LogP) is 5.33. The summed E-state index contributed by atoms with van der Waals surface area (Å²) in [6.07, 6.45) is 2.05. The minimum Gasteiger partial charge on any atom is -0.444 e. The Morgan fingerprint density at radius 1 is 1.36 bits per heavy atom. The van der Waals surface area contributed by atoms with E-state index in [0.717, 1.165) is 30.5 Å². The number of hydrogen-bond donors (Lipinski definition) is 1. The number of benzene rings is 1. The molecule has 3 rings (SSSR count). The third-order valence-electron chi connectivity index (χ3n) is 4.84. The van der Waals surface area contributed by atoms with Crippen LogP contribution in [0, 0.1) is 0 Å².